The standard InChI is InChI=1S/C19H21N5O2/c1-22(2)17-10-20-11-18(21-17)26-16-6-8-24(13-16)19(25)14-9-15-5-3-4-7-23(15)12-14/h3-5,7,9-12,16H,6,8,13H2,1-2H3. The molecule has 0 bridgehead atoms. The Labute approximate surface area is 151 Å². The maximum Gasteiger partial charge on any atom is 0.255 e. The van der Waals surface area contributed by atoms with Crippen molar-refractivity contribution < 1.29 is 9.53 Å². The molecule has 0 aliphatic carbocycles. The average molecular weight is 351 g/mol. The molecule has 1 atom stereocenters. The van der Waals surface area contributed by atoms with Gasteiger partial charge in [0.1, 0.15) is 6.10 Å². The van der Waals surface area contributed by atoms with Crippen molar-refractivity contribution in [1.82, 2.24) is 19.3 Å². The zero-order valence-electron chi connectivity index (χ0n) is 14.9. The van der Waals surface area contributed by atoms with Crippen LogP contribution in [0.1, 0.15) is 16.8 Å². The van der Waals surface area contributed by atoms with Crippen LogP contribution in [0.15, 0.2) is 49.1 Å². The molecule has 0 N–H and O–H groups in total. The van der Waals surface area contributed by atoms with Crippen LogP contribution in [-0.4, -0.2) is 58.5 Å². The van der Waals surface area contributed by atoms with Crippen LogP contribution in [0.3, 0.4) is 0 Å². The highest BCUT2D eigenvalue weighted by molar-refractivity contribution is 5.95. The van der Waals surface area contributed by atoms with Gasteiger partial charge in [0.2, 0.25) is 5.88 Å². The molecule has 3 aromatic heterocycles. The fourth-order valence-corrected chi connectivity index (χ4v) is 3.15. The van der Waals surface area contributed by atoms with E-state index < -0.39 is 0 Å². The number of carbonyl (C=O) groups excluding carboxylic acids is 1. The predicted molar refractivity (Wildman–Crippen MR) is 98.7 cm³/mol. The number of anilines is 1. The van der Waals surface area contributed by atoms with E-state index >= 15 is 0 Å². The first-order valence-electron chi connectivity index (χ1n) is 8.62. The van der Waals surface area contributed by atoms with Gasteiger partial charge in [0.15, 0.2) is 5.82 Å². The highest BCUT2D eigenvalue weighted by Crippen LogP contribution is 2.20. The third-order valence-corrected chi connectivity index (χ3v) is 4.53. The molecule has 4 rings (SSSR count). The van der Waals surface area contributed by atoms with Crippen molar-refractivity contribution in [2.75, 3.05) is 32.1 Å². The monoisotopic (exact) mass is 351 g/mol. The molecule has 0 aromatic carbocycles. The molecule has 1 aliphatic rings. The normalized spacial score (nSPS) is 16.8. The molecule has 0 radical (unpaired) electrons. The van der Waals surface area contributed by atoms with Gasteiger partial charge >= 0.3 is 0 Å². The van der Waals surface area contributed by atoms with E-state index in [2.05, 4.69) is 9.97 Å². The fraction of sp³-hybridized carbons (Fsp3) is 0.316. The number of hydrogen-bond donors (Lipinski definition) is 0. The van der Waals surface area contributed by atoms with E-state index in [0.29, 0.717) is 24.5 Å². The number of carbonyl (C=O) groups is 1. The maximum atomic E-state index is 12.8. The van der Waals surface area contributed by atoms with E-state index in [1.54, 1.807) is 12.4 Å². The SMILES string of the molecule is CN(C)c1cncc(OC2CCN(C(=O)c3cc4ccccn4c3)C2)n1. The van der Waals surface area contributed by atoms with E-state index in [9.17, 15) is 4.79 Å². The largest absolute Gasteiger partial charge is 0.471 e. The van der Waals surface area contributed by atoms with E-state index in [4.69, 9.17) is 4.74 Å². The molecule has 0 spiro atoms. The Hall–Kier alpha value is -3.09. The highest BCUT2D eigenvalue weighted by Gasteiger charge is 2.29. The molecule has 4 heterocycles. The number of nitrogens with zero attached hydrogens (tertiary/aromatic N) is 5. The summed E-state index contributed by atoms with van der Waals surface area (Å²) in [7, 11) is 3.82. The van der Waals surface area contributed by atoms with Gasteiger partial charge in [-0.2, -0.15) is 4.98 Å². The smallest absolute Gasteiger partial charge is 0.255 e. The minimum absolute atomic E-state index is 0.0351. The van der Waals surface area contributed by atoms with Gasteiger partial charge in [0.05, 0.1) is 24.5 Å². The average Bonchev–Trinajstić information content (AvgIpc) is 3.28. The summed E-state index contributed by atoms with van der Waals surface area (Å²) in [6, 6.07) is 7.82. The quantitative estimate of drug-likeness (QED) is 0.720. The molecule has 26 heavy (non-hydrogen) atoms. The van der Waals surface area contributed by atoms with Crippen molar-refractivity contribution in [3.8, 4) is 5.88 Å². The van der Waals surface area contributed by atoms with Gasteiger partial charge in [-0.1, -0.05) is 6.07 Å². The number of fused-ring (bicyclic) bond motifs is 1. The Kier molecular flexibility index (Phi) is 4.20. The summed E-state index contributed by atoms with van der Waals surface area (Å²) in [4.78, 5) is 25.1. The van der Waals surface area contributed by atoms with Gasteiger partial charge in [-0.15, -0.1) is 0 Å². The lowest BCUT2D eigenvalue weighted by atomic mass is 10.3. The van der Waals surface area contributed by atoms with Crippen LogP contribution >= 0.6 is 0 Å². The Balaban J connectivity index is 1.43. The van der Waals surface area contributed by atoms with Crippen LogP contribution in [0.4, 0.5) is 5.82 Å². The van der Waals surface area contributed by atoms with E-state index in [1.807, 2.05) is 65.0 Å². The number of amides is 1. The summed E-state index contributed by atoms with van der Waals surface area (Å²) in [5.74, 6) is 1.27. The Bertz CT molecular complexity index is 903. The molecule has 1 aliphatic heterocycles. The lowest BCUT2D eigenvalue weighted by Gasteiger charge is -2.17. The Morgan fingerprint density at radius 1 is 1.31 bits per heavy atom. The molecule has 3 aromatic rings. The van der Waals surface area contributed by atoms with Gasteiger partial charge < -0.3 is 18.9 Å². The van der Waals surface area contributed by atoms with Crippen molar-refractivity contribution in [2.24, 2.45) is 0 Å². The van der Waals surface area contributed by atoms with Crippen molar-refractivity contribution >= 4 is 17.2 Å². The minimum Gasteiger partial charge on any atom is -0.471 e. The van der Waals surface area contributed by atoms with Crippen molar-refractivity contribution in [1.29, 1.82) is 0 Å². The molecular formula is C19H21N5O2. The molecule has 1 amide bonds. The molecule has 7 nitrogen and oxygen atoms in total. The molecular weight excluding hydrogens is 330 g/mol. The fourth-order valence-electron chi connectivity index (χ4n) is 3.15. The second kappa shape index (κ2) is 6.67. The van der Waals surface area contributed by atoms with Crippen LogP contribution in [0.25, 0.3) is 5.52 Å². The number of hydrogen-bond acceptors (Lipinski definition) is 5. The van der Waals surface area contributed by atoms with E-state index in [0.717, 1.165) is 17.8 Å². The van der Waals surface area contributed by atoms with Crippen LogP contribution in [-0.2, 0) is 0 Å². The van der Waals surface area contributed by atoms with Gasteiger partial charge in [-0.05, 0) is 18.2 Å². The summed E-state index contributed by atoms with van der Waals surface area (Å²) in [5.41, 5.74) is 1.71. The molecule has 0 saturated carbocycles. The molecule has 1 fully saturated rings. The van der Waals surface area contributed by atoms with Crippen LogP contribution in [0.5, 0.6) is 5.88 Å². The lowest BCUT2D eigenvalue weighted by Crippen LogP contribution is -2.30. The second-order valence-electron chi connectivity index (χ2n) is 6.65. The number of ether oxygens (including phenoxy) is 1. The lowest BCUT2D eigenvalue weighted by molar-refractivity contribution is 0.0771. The van der Waals surface area contributed by atoms with Gasteiger partial charge in [-0.3, -0.25) is 9.78 Å². The first kappa shape index (κ1) is 16.4. The van der Waals surface area contributed by atoms with Gasteiger partial charge in [0.25, 0.3) is 5.91 Å². The Morgan fingerprint density at radius 2 is 2.19 bits per heavy atom. The summed E-state index contributed by atoms with van der Waals surface area (Å²) < 4.78 is 7.90. The molecule has 1 saturated heterocycles. The first-order valence-corrected chi connectivity index (χ1v) is 8.62. The van der Waals surface area contributed by atoms with Crippen LogP contribution < -0.4 is 9.64 Å². The molecule has 1 unspecified atom stereocenters. The number of likely N-dealkylation sites (tertiary alicyclic amines) is 1. The summed E-state index contributed by atoms with van der Waals surface area (Å²) in [5, 5.41) is 0. The molecule has 7 heteroatoms. The van der Waals surface area contributed by atoms with E-state index in [1.165, 1.54) is 0 Å². The Morgan fingerprint density at radius 3 is 3.00 bits per heavy atom. The van der Waals surface area contributed by atoms with Crippen LogP contribution in [0.2, 0.25) is 0 Å². The topological polar surface area (TPSA) is 63.0 Å². The zero-order valence-corrected chi connectivity index (χ0v) is 14.9. The number of pyridine rings is 1. The second-order valence-corrected chi connectivity index (χ2v) is 6.65. The van der Waals surface area contributed by atoms with Gasteiger partial charge in [-0.25, -0.2) is 0 Å². The van der Waals surface area contributed by atoms with Crippen molar-refractivity contribution in [3.05, 3.63) is 54.6 Å². The minimum atomic E-state index is -0.0670. The maximum absolute atomic E-state index is 12.8. The summed E-state index contributed by atoms with van der Waals surface area (Å²) in [6.45, 7) is 1.23. The first-order chi connectivity index (χ1) is 12.6. The highest BCUT2D eigenvalue weighted by atomic mass is 16.5. The third-order valence-electron chi connectivity index (χ3n) is 4.53. The number of rotatable bonds is 4. The van der Waals surface area contributed by atoms with E-state index in [-0.39, 0.29) is 12.0 Å². The third kappa shape index (κ3) is 3.20. The zero-order chi connectivity index (χ0) is 18.1. The summed E-state index contributed by atoms with van der Waals surface area (Å²) >= 11 is 0. The van der Waals surface area contributed by atoms with Crippen molar-refractivity contribution in [3.63, 3.8) is 0 Å². The van der Waals surface area contributed by atoms with Crippen molar-refractivity contribution in [2.45, 2.75) is 12.5 Å². The van der Waals surface area contributed by atoms with Gasteiger partial charge in [0, 0.05) is 45.0 Å². The van der Waals surface area contributed by atoms with Crippen LogP contribution in [0, 0.1) is 0 Å². The summed E-state index contributed by atoms with van der Waals surface area (Å²) in [6.07, 6.45) is 7.83. The number of aromatic nitrogens is 3. The molecule has 134 valence electrons. The predicted octanol–water partition coefficient (Wildman–Crippen LogP) is 2.09.